The van der Waals surface area contributed by atoms with Crippen LogP contribution in [0.5, 0.6) is 5.75 Å². The van der Waals surface area contributed by atoms with Gasteiger partial charge in [-0.1, -0.05) is 0 Å². The highest BCUT2D eigenvalue weighted by molar-refractivity contribution is 6.02. The molecule has 1 N–H and O–H groups in total. The Bertz CT molecular complexity index is 768. The molecular formula is C16H15F2NO4. The van der Waals surface area contributed by atoms with Crippen molar-refractivity contribution in [3.05, 3.63) is 52.3 Å². The van der Waals surface area contributed by atoms with Crippen LogP contribution in [0.2, 0.25) is 0 Å². The molecule has 1 aromatic carbocycles. The van der Waals surface area contributed by atoms with Gasteiger partial charge in [0, 0.05) is 11.8 Å². The summed E-state index contributed by atoms with van der Waals surface area (Å²) in [6, 6.07) is 2.80. The molecule has 0 saturated carbocycles. The summed E-state index contributed by atoms with van der Waals surface area (Å²) in [5.41, 5.74) is 1.39. The van der Waals surface area contributed by atoms with Crippen LogP contribution in [0.3, 0.4) is 0 Å². The number of esters is 1. The Balaban J connectivity index is 2.17. The number of ether oxygens (including phenoxy) is 2. The maximum absolute atomic E-state index is 13.5. The minimum absolute atomic E-state index is 0.186. The third kappa shape index (κ3) is 3.39. The Hall–Kier alpha value is -2.70. The van der Waals surface area contributed by atoms with Crippen molar-refractivity contribution >= 4 is 11.8 Å². The topological polar surface area (TPSA) is 68.4 Å². The largest absolute Gasteiger partial charge is 0.482 e. The smallest absolute Gasteiger partial charge is 0.339 e. The molecule has 122 valence electrons. The van der Waals surface area contributed by atoms with E-state index in [0.717, 1.165) is 12.1 Å². The van der Waals surface area contributed by atoms with Gasteiger partial charge >= 0.3 is 5.97 Å². The van der Waals surface area contributed by atoms with Crippen LogP contribution >= 0.6 is 0 Å². The molecule has 0 unspecified atom stereocenters. The minimum Gasteiger partial charge on any atom is -0.482 e. The summed E-state index contributed by atoms with van der Waals surface area (Å²) in [5, 5.41) is 0. The summed E-state index contributed by atoms with van der Waals surface area (Å²) < 4.78 is 36.0. The Labute approximate surface area is 131 Å². The van der Waals surface area contributed by atoms with Gasteiger partial charge in [-0.25, -0.2) is 13.6 Å². The zero-order valence-electron chi connectivity index (χ0n) is 12.8. The SMILES string of the molecule is COC(=O)c1c(C)[nH]c(C(=O)COc2ccc(F)cc2F)c1C. The average Bonchev–Trinajstić information content (AvgIpc) is 2.80. The Kier molecular flexibility index (Phi) is 4.78. The Morgan fingerprint density at radius 3 is 2.52 bits per heavy atom. The van der Waals surface area contributed by atoms with Crippen LogP contribution in [0.4, 0.5) is 8.78 Å². The Morgan fingerprint density at radius 2 is 1.91 bits per heavy atom. The molecule has 2 rings (SSSR count). The summed E-state index contributed by atoms with van der Waals surface area (Å²) >= 11 is 0. The van der Waals surface area contributed by atoms with Crippen LogP contribution in [0.15, 0.2) is 18.2 Å². The van der Waals surface area contributed by atoms with Crippen molar-refractivity contribution in [2.45, 2.75) is 13.8 Å². The van der Waals surface area contributed by atoms with Crippen LogP contribution in [-0.4, -0.2) is 30.5 Å². The van der Waals surface area contributed by atoms with Crippen LogP contribution < -0.4 is 4.74 Å². The van der Waals surface area contributed by atoms with Crippen molar-refractivity contribution < 1.29 is 27.8 Å². The molecule has 23 heavy (non-hydrogen) atoms. The maximum Gasteiger partial charge on any atom is 0.339 e. The van der Waals surface area contributed by atoms with Crippen LogP contribution in [0, 0.1) is 25.5 Å². The van der Waals surface area contributed by atoms with Crippen molar-refractivity contribution in [1.29, 1.82) is 0 Å². The van der Waals surface area contributed by atoms with Crippen LogP contribution in [-0.2, 0) is 4.74 Å². The van der Waals surface area contributed by atoms with E-state index in [4.69, 9.17) is 4.74 Å². The fourth-order valence-electron chi connectivity index (χ4n) is 2.24. The lowest BCUT2D eigenvalue weighted by molar-refractivity contribution is 0.0599. The summed E-state index contributed by atoms with van der Waals surface area (Å²) in [4.78, 5) is 26.7. The third-order valence-electron chi connectivity index (χ3n) is 3.36. The van der Waals surface area contributed by atoms with E-state index >= 15 is 0 Å². The maximum atomic E-state index is 13.5. The predicted molar refractivity (Wildman–Crippen MR) is 77.8 cm³/mol. The van der Waals surface area contributed by atoms with E-state index in [9.17, 15) is 18.4 Å². The zero-order chi connectivity index (χ0) is 17.1. The molecule has 0 saturated heterocycles. The number of hydrogen-bond donors (Lipinski definition) is 1. The molecule has 0 radical (unpaired) electrons. The lowest BCUT2D eigenvalue weighted by Crippen LogP contribution is -2.14. The van der Waals surface area contributed by atoms with E-state index in [-0.39, 0.29) is 17.0 Å². The zero-order valence-corrected chi connectivity index (χ0v) is 12.8. The van der Waals surface area contributed by atoms with Crippen LogP contribution in [0.1, 0.15) is 32.1 Å². The highest BCUT2D eigenvalue weighted by Gasteiger charge is 2.22. The number of nitrogens with one attached hydrogen (secondary N) is 1. The van der Waals surface area contributed by atoms with Crippen molar-refractivity contribution in [1.82, 2.24) is 4.98 Å². The van der Waals surface area contributed by atoms with Crippen LogP contribution in [0.25, 0.3) is 0 Å². The molecule has 0 atom stereocenters. The second kappa shape index (κ2) is 6.60. The molecular weight excluding hydrogens is 308 g/mol. The number of rotatable bonds is 5. The molecule has 0 aliphatic carbocycles. The third-order valence-corrected chi connectivity index (χ3v) is 3.36. The number of Topliss-reactive ketones (excluding diaryl/α,β-unsaturated/α-hetero) is 1. The van der Waals surface area contributed by atoms with Gasteiger partial charge < -0.3 is 14.5 Å². The molecule has 7 heteroatoms. The summed E-state index contributed by atoms with van der Waals surface area (Å²) in [6.45, 7) is 2.78. The molecule has 0 bridgehead atoms. The molecule has 0 fully saturated rings. The minimum atomic E-state index is -0.896. The number of methoxy groups -OCH3 is 1. The monoisotopic (exact) mass is 323 g/mol. The van der Waals surface area contributed by atoms with Gasteiger partial charge in [-0.2, -0.15) is 0 Å². The van der Waals surface area contributed by atoms with Crippen molar-refractivity contribution in [3.8, 4) is 5.75 Å². The van der Waals surface area contributed by atoms with E-state index in [1.807, 2.05) is 0 Å². The lowest BCUT2D eigenvalue weighted by atomic mass is 10.1. The van der Waals surface area contributed by atoms with E-state index in [0.29, 0.717) is 17.3 Å². The highest BCUT2D eigenvalue weighted by Crippen LogP contribution is 2.21. The van der Waals surface area contributed by atoms with Gasteiger partial charge in [-0.3, -0.25) is 4.79 Å². The van der Waals surface area contributed by atoms with E-state index < -0.39 is 30.0 Å². The van der Waals surface area contributed by atoms with Crippen molar-refractivity contribution in [2.24, 2.45) is 0 Å². The predicted octanol–water partition coefficient (Wildman–Crippen LogP) is 2.96. The van der Waals surface area contributed by atoms with E-state index in [1.165, 1.54) is 7.11 Å². The molecule has 1 aromatic heterocycles. The quantitative estimate of drug-likeness (QED) is 0.678. The van der Waals surface area contributed by atoms with Crippen molar-refractivity contribution in [3.63, 3.8) is 0 Å². The molecule has 0 aliphatic rings. The number of hydrogen-bond acceptors (Lipinski definition) is 4. The van der Waals surface area contributed by atoms with Gasteiger partial charge in [0.05, 0.1) is 18.4 Å². The number of H-pyrrole nitrogens is 1. The molecule has 0 amide bonds. The summed E-state index contributed by atoms with van der Waals surface area (Å²) in [6.07, 6.45) is 0. The van der Waals surface area contributed by atoms with Gasteiger partial charge in [-0.15, -0.1) is 0 Å². The summed E-state index contributed by atoms with van der Waals surface area (Å²) in [7, 11) is 1.25. The normalized spacial score (nSPS) is 10.5. The molecule has 2 aromatic rings. The number of carbonyl (C=O) groups is 2. The van der Waals surface area contributed by atoms with E-state index in [1.54, 1.807) is 13.8 Å². The van der Waals surface area contributed by atoms with Gasteiger partial charge in [0.2, 0.25) is 5.78 Å². The standard InChI is InChI=1S/C16H15F2NO4/c1-8-14(16(21)22-3)9(2)19-15(8)12(20)7-23-13-5-4-10(17)6-11(13)18/h4-6,19H,7H2,1-3H3. The number of carbonyl (C=O) groups excluding carboxylic acids is 2. The second-order valence-corrected chi connectivity index (χ2v) is 4.90. The fourth-order valence-corrected chi connectivity index (χ4v) is 2.24. The summed E-state index contributed by atoms with van der Waals surface area (Å²) in [5.74, 6) is -2.88. The number of aryl methyl sites for hydroxylation is 1. The van der Waals surface area contributed by atoms with Gasteiger partial charge in [0.1, 0.15) is 5.82 Å². The number of aromatic nitrogens is 1. The average molecular weight is 323 g/mol. The first-order valence-corrected chi connectivity index (χ1v) is 6.73. The molecule has 1 heterocycles. The first kappa shape index (κ1) is 16.7. The van der Waals surface area contributed by atoms with Gasteiger partial charge in [0.15, 0.2) is 18.2 Å². The molecule has 0 spiro atoms. The number of benzene rings is 1. The molecule has 5 nitrogen and oxygen atoms in total. The van der Waals surface area contributed by atoms with E-state index in [2.05, 4.69) is 9.72 Å². The first-order chi connectivity index (χ1) is 10.8. The Morgan fingerprint density at radius 1 is 1.22 bits per heavy atom. The van der Waals surface area contributed by atoms with Gasteiger partial charge in [0.25, 0.3) is 0 Å². The fraction of sp³-hybridized carbons (Fsp3) is 0.250. The van der Waals surface area contributed by atoms with Gasteiger partial charge in [-0.05, 0) is 31.5 Å². The second-order valence-electron chi connectivity index (χ2n) is 4.90. The lowest BCUT2D eigenvalue weighted by Gasteiger charge is -2.06. The number of aromatic amines is 1. The number of halogens is 2. The molecule has 0 aliphatic heterocycles. The first-order valence-electron chi connectivity index (χ1n) is 6.73. The number of ketones is 1. The highest BCUT2D eigenvalue weighted by atomic mass is 19.1. The van der Waals surface area contributed by atoms with Crippen molar-refractivity contribution in [2.75, 3.05) is 13.7 Å².